The van der Waals surface area contributed by atoms with Gasteiger partial charge in [-0.2, -0.15) is 5.10 Å². The number of rotatable bonds is 9. The van der Waals surface area contributed by atoms with Gasteiger partial charge in [-0.15, -0.1) is 0 Å². The van der Waals surface area contributed by atoms with E-state index < -0.39 is 6.43 Å². The molecule has 0 unspecified atom stereocenters. The number of aromatic nitrogens is 2. The van der Waals surface area contributed by atoms with Gasteiger partial charge in [-0.3, -0.25) is 4.79 Å². The van der Waals surface area contributed by atoms with Crippen LogP contribution >= 0.6 is 0 Å². The highest BCUT2D eigenvalue weighted by atomic mass is 19.3. The van der Waals surface area contributed by atoms with E-state index in [0.29, 0.717) is 46.7 Å². The molecule has 5 N–H and O–H groups in total. The Morgan fingerprint density at radius 1 is 1.12 bits per heavy atom. The lowest BCUT2D eigenvalue weighted by molar-refractivity contribution is 0.112. The molecular formula is C30H42F2N6O3. The van der Waals surface area contributed by atoms with E-state index in [0.717, 1.165) is 5.69 Å². The number of aldehydes is 1. The highest BCUT2D eigenvalue weighted by Crippen LogP contribution is 2.30. The maximum atomic E-state index is 11.4. The second-order valence-corrected chi connectivity index (χ2v) is 8.78. The Hall–Kier alpha value is -4.22. The summed E-state index contributed by atoms with van der Waals surface area (Å²) in [6.45, 7) is 16.1. The molecule has 0 amide bonds. The number of anilines is 1. The number of phenolic OH excluding ortho intramolecular Hbond substituents is 2. The molecule has 3 aromatic rings. The fraction of sp³-hybridized carbons (Fsp3) is 0.333. The summed E-state index contributed by atoms with van der Waals surface area (Å²) in [5.41, 5.74) is 3.75. The average Bonchev–Trinajstić information content (AvgIpc) is 3.63. The summed E-state index contributed by atoms with van der Waals surface area (Å²) >= 11 is 0. The van der Waals surface area contributed by atoms with Crippen molar-refractivity contribution in [1.29, 1.82) is 0 Å². The molecule has 0 spiro atoms. The summed E-state index contributed by atoms with van der Waals surface area (Å²) in [5, 5.41) is 33.0. The van der Waals surface area contributed by atoms with E-state index in [1.807, 2.05) is 33.0 Å². The molecule has 224 valence electrons. The first-order chi connectivity index (χ1) is 19.5. The predicted molar refractivity (Wildman–Crippen MR) is 162 cm³/mol. The van der Waals surface area contributed by atoms with Crippen LogP contribution in [0.4, 0.5) is 14.5 Å². The van der Waals surface area contributed by atoms with Gasteiger partial charge in [0.25, 0.3) is 6.43 Å². The van der Waals surface area contributed by atoms with Crippen molar-refractivity contribution >= 4 is 17.7 Å². The summed E-state index contributed by atoms with van der Waals surface area (Å²) in [7, 11) is 5.34. The highest BCUT2D eigenvalue weighted by molar-refractivity contribution is 5.90. The maximum Gasteiger partial charge on any atom is 0.277 e. The number of nitrogens with one attached hydrogen (secondary N) is 3. The van der Waals surface area contributed by atoms with Gasteiger partial charge in [0.1, 0.15) is 17.2 Å². The zero-order valence-electron chi connectivity index (χ0n) is 24.6. The van der Waals surface area contributed by atoms with Crippen LogP contribution in [0, 0.1) is 6.92 Å². The number of halogens is 2. The molecule has 4 rings (SSSR count). The van der Waals surface area contributed by atoms with Crippen molar-refractivity contribution in [2.75, 3.05) is 39.5 Å². The Morgan fingerprint density at radius 2 is 1.73 bits per heavy atom. The monoisotopic (exact) mass is 572 g/mol. The van der Waals surface area contributed by atoms with Gasteiger partial charge in [-0.05, 0) is 56.9 Å². The number of aryl methyl sites for hydroxylation is 1. The molecule has 0 radical (unpaired) electrons. The van der Waals surface area contributed by atoms with Crippen LogP contribution in [0.5, 0.6) is 11.5 Å². The van der Waals surface area contributed by atoms with Gasteiger partial charge in [-0.1, -0.05) is 39.1 Å². The molecule has 0 atom stereocenters. The molecule has 0 saturated carbocycles. The van der Waals surface area contributed by atoms with Crippen LogP contribution in [-0.4, -0.2) is 71.8 Å². The lowest BCUT2D eigenvalue weighted by Crippen LogP contribution is -2.11. The van der Waals surface area contributed by atoms with E-state index in [1.165, 1.54) is 26.2 Å². The van der Waals surface area contributed by atoms with E-state index in [-0.39, 0.29) is 17.2 Å². The first-order valence-corrected chi connectivity index (χ1v) is 13.1. The van der Waals surface area contributed by atoms with Crippen LogP contribution in [0.15, 0.2) is 61.3 Å². The summed E-state index contributed by atoms with van der Waals surface area (Å²) in [5.74, 6) is 0.108. The molecule has 1 aliphatic heterocycles. The number of likely N-dealkylation sites (N-methyl/N-ethyl adjacent to an activating group) is 1. The maximum absolute atomic E-state index is 11.4. The third kappa shape index (κ3) is 11.1. The van der Waals surface area contributed by atoms with Crippen molar-refractivity contribution in [2.24, 2.45) is 0 Å². The molecule has 9 nitrogen and oxygen atoms in total. The van der Waals surface area contributed by atoms with Crippen LogP contribution in [0.2, 0.25) is 0 Å². The first-order valence-electron chi connectivity index (χ1n) is 13.1. The van der Waals surface area contributed by atoms with E-state index in [9.17, 15) is 23.8 Å². The van der Waals surface area contributed by atoms with Gasteiger partial charge >= 0.3 is 0 Å². The number of nitrogens with zero attached hydrogens (tertiary/aromatic N) is 3. The molecule has 41 heavy (non-hydrogen) atoms. The predicted octanol–water partition coefficient (Wildman–Crippen LogP) is 5.15. The molecule has 1 saturated heterocycles. The molecule has 0 aliphatic carbocycles. The van der Waals surface area contributed by atoms with Crippen molar-refractivity contribution < 1.29 is 23.8 Å². The lowest BCUT2D eigenvalue weighted by atomic mass is 10.1. The van der Waals surface area contributed by atoms with Crippen LogP contribution in [-0.2, 0) is 6.54 Å². The summed E-state index contributed by atoms with van der Waals surface area (Å²) in [4.78, 5) is 13.7. The second kappa shape index (κ2) is 17.5. The Bertz CT molecular complexity index is 1290. The Balaban J connectivity index is 0.000000537. The van der Waals surface area contributed by atoms with E-state index in [1.54, 1.807) is 35.9 Å². The van der Waals surface area contributed by atoms with Crippen molar-refractivity contribution in [2.45, 2.75) is 33.7 Å². The number of hydrogen-bond acceptors (Lipinski definition) is 8. The number of aromatic hydroxyl groups is 2. The van der Waals surface area contributed by atoms with Crippen LogP contribution in [0.3, 0.4) is 0 Å². The smallest absolute Gasteiger partial charge is 0.277 e. The fourth-order valence-corrected chi connectivity index (χ4v) is 3.22. The molecular weight excluding hydrogens is 530 g/mol. The molecule has 1 fully saturated rings. The number of carbonyl (C=O) groups is 1. The van der Waals surface area contributed by atoms with Crippen molar-refractivity contribution in [3.63, 3.8) is 0 Å². The molecule has 0 bridgehead atoms. The number of para-hydroxylation sites is 2. The zero-order valence-corrected chi connectivity index (χ0v) is 24.6. The van der Waals surface area contributed by atoms with Gasteiger partial charge in [0, 0.05) is 32.2 Å². The second-order valence-electron chi connectivity index (χ2n) is 8.78. The van der Waals surface area contributed by atoms with Gasteiger partial charge in [0.05, 0.1) is 28.5 Å². The van der Waals surface area contributed by atoms with Crippen LogP contribution in [0.25, 0.3) is 11.4 Å². The number of alkyl halides is 2. The normalized spacial score (nSPS) is 11.5. The third-order valence-electron chi connectivity index (χ3n) is 5.55. The van der Waals surface area contributed by atoms with Gasteiger partial charge in [0.2, 0.25) is 0 Å². The average molecular weight is 573 g/mol. The molecule has 1 aromatic heterocycles. The molecule has 2 aromatic carbocycles. The minimum atomic E-state index is -2.44. The van der Waals surface area contributed by atoms with E-state index in [4.69, 9.17) is 0 Å². The lowest BCUT2D eigenvalue weighted by Gasteiger charge is -2.16. The molecule has 11 heteroatoms. The van der Waals surface area contributed by atoms with Crippen molar-refractivity contribution in [3.05, 3.63) is 83.8 Å². The van der Waals surface area contributed by atoms with Crippen LogP contribution in [0.1, 0.15) is 41.2 Å². The minimum absolute atomic E-state index is 0.0197. The van der Waals surface area contributed by atoms with Crippen LogP contribution < -0.4 is 16.0 Å². The van der Waals surface area contributed by atoms with Gasteiger partial charge < -0.3 is 31.1 Å². The number of phenols is 2. The summed E-state index contributed by atoms with van der Waals surface area (Å²) in [6, 6.07) is 11.7. The van der Waals surface area contributed by atoms with Gasteiger partial charge in [0.15, 0.2) is 6.29 Å². The Kier molecular flexibility index (Phi) is 14.8. The topological polar surface area (TPSA) is 114 Å². The number of allylic oxidation sites excluding steroid dienone is 1. The zero-order chi connectivity index (χ0) is 31.1. The Morgan fingerprint density at radius 3 is 2.20 bits per heavy atom. The first kappa shape index (κ1) is 34.8. The van der Waals surface area contributed by atoms with E-state index >= 15 is 0 Å². The van der Waals surface area contributed by atoms with E-state index in [2.05, 4.69) is 46.2 Å². The largest absolute Gasteiger partial charge is 0.508 e. The third-order valence-corrected chi connectivity index (χ3v) is 5.55. The molecule has 2 heterocycles. The summed E-state index contributed by atoms with van der Waals surface area (Å²) < 4.78 is 24.1. The molecule has 1 aliphatic rings. The van der Waals surface area contributed by atoms with Crippen molar-refractivity contribution in [3.8, 4) is 17.2 Å². The van der Waals surface area contributed by atoms with Gasteiger partial charge in [-0.25, -0.2) is 13.5 Å². The van der Waals surface area contributed by atoms with Crippen molar-refractivity contribution in [1.82, 2.24) is 25.3 Å². The summed E-state index contributed by atoms with van der Waals surface area (Å²) in [6.07, 6.45) is -1.76. The minimum Gasteiger partial charge on any atom is -0.508 e. The number of hydrogen-bond donors (Lipinski definition) is 5. The fourth-order valence-electron chi connectivity index (χ4n) is 3.22. The Labute approximate surface area is 241 Å². The standard InChI is InChI=1S/C21H22N4O3.C4H7F2N.C3H7N.C2H6/c1-13-8-17(27)9-15(12-26)21(13)23-14(2)19-10-16(11-22-3)24-25(19)18-6-4-5-7-20(18)28;1-3(7-2)4(5)6;1-4-2-3-4;1-2/h4-10,12,22-23,27-28H,2,11H2,1,3H3;4,7H,1H2,2H3;2-3H2,1H3;1-2H3. The SMILES string of the molecule is C=C(NC)C(F)F.C=C(Nc1c(C)cc(O)cc1C=O)c1cc(CNC)nn1-c1ccccc1O.CC.CN1CC1. The quantitative estimate of drug-likeness (QED) is 0.136. The highest BCUT2D eigenvalue weighted by Gasteiger charge is 2.17. The number of carbonyl (C=O) groups excluding carboxylic acids is 1. The number of benzene rings is 2.